The van der Waals surface area contributed by atoms with Gasteiger partial charge >= 0.3 is 0 Å². The zero-order valence-electron chi connectivity index (χ0n) is 16.2. The van der Waals surface area contributed by atoms with Gasteiger partial charge in [0, 0.05) is 25.4 Å². The molecule has 0 radical (unpaired) electrons. The van der Waals surface area contributed by atoms with E-state index >= 15 is 0 Å². The number of carbonyl (C=O) groups excluding carboxylic acids is 3. The fourth-order valence-electron chi connectivity index (χ4n) is 3.13. The van der Waals surface area contributed by atoms with Crippen molar-refractivity contribution in [3.05, 3.63) is 0 Å². The van der Waals surface area contributed by atoms with Gasteiger partial charge in [-0.25, -0.2) is 0 Å². The summed E-state index contributed by atoms with van der Waals surface area (Å²) in [5, 5.41) is 6.06. The number of hydrogen-bond acceptors (Lipinski definition) is 6. The number of nitrogens with one attached hydrogen (secondary N) is 2. The van der Waals surface area contributed by atoms with Crippen LogP contribution in [-0.2, 0) is 14.4 Å². The largest absolute Gasteiger partial charge is 0.370 e. The van der Waals surface area contributed by atoms with Gasteiger partial charge in [-0.2, -0.15) is 0 Å². The van der Waals surface area contributed by atoms with Crippen LogP contribution in [0.4, 0.5) is 0 Å². The lowest BCUT2D eigenvalue weighted by atomic mass is 9.92. The number of nitrogens with two attached hydrogens (primary N) is 3. The van der Waals surface area contributed by atoms with E-state index in [9.17, 15) is 14.4 Å². The normalized spacial score (nSPS) is 24.1. The minimum atomic E-state index is -0.531. The van der Waals surface area contributed by atoms with Crippen LogP contribution in [0.2, 0.25) is 0 Å². The molecule has 0 saturated carbocycles. The lowest BCUT2D eigenvalue weighted by molar-refractivity contribution is -0.130. The molecule has 1 saturated heterocycles. The fraction of sp³-hybridized carbons (Fsp3) is 0.778. The van der Waals surface area contributed by atoms with Gasteiger partial charge in [-0.1, -0.05) is 0 Å². The van der Waals surface area contributed by atoms with Gasteiger partial charge in [0.15, 0.2) is 11.7 Å². The van der Waals surface area contributed by atoms with E-state index in [1.165, 1.54) is 6.92 Å². The second-order valence-electron chi connectivity index (χ2n) is 7.07. The molecule has 0 aliphatic carbocycles. The van der Waals surface area contributed by atoms with E-state index in [0.29, 0.717) is 45.3 Å². The number of hydrogen-bond donors (Lipinski definition) is 5. The number of nitrogens with zero attached hydrogens (tertiary/aromatic N) is 1. The smallest absolute Gasteiger partial charge is 0.237 e. The quantitative estimate of drug-likeness (QED) is 0.197. The maximum atomic E-state index is 12.7. The van der Waals surface area contributed by atoms with Crippen molar-refractivity contribution in [1.29, 1.82) is 0 Å². The van der Waals surface area contributed by atoms with Gasteiger partial charge in [-0.3, -0.25) is 19.4 Å². The molecular weight excluding hydrogens is 348 g/mol. The number of rotatable bonds is 9. The summed E-state index contributed by atoms with van der Waals surface area (Å²) in [5.74, 6) is -0.483. The molecule has 1 aliphatic rings. The third-order valence-corrected chi connectivity index (χ3v) is 4.84. The Balaban J connectivity index is 2.82. The Morgan fingerprint density at radius 2 is 1.85 bits per heavy atom. The second-order valence-corrected chi connectivity index (χ2v) is 7.07. The van der Waals surface area contributed by atoms with Crippen molar-refractivity contribution in [2.24, 2.45) is 28.1 Å². The first-order valence-electron chi connectivity index (χ1n) is 9.67. The molecule has 9 nitrogen and oxygen atoms in total. The van der Waals surface area contributed by atoms with Crippen molar-refractivity contribution in [2.75, 3.05) is 19.6 Å². The summed E-state index contributed by atoms with van der Waals surface area (Å²) in [6, 6.07) is -1.03. The molecule has 0 aromatic heterocycles. The summed E-state index contributed by atoms with van der Waals surface area (Å²) in [6.45, 7) is 2.87. The maximum absolute atomic E-state index is 12.7. The van der Waals surface area contributed by atoms with E-state index in [1.54, 1.807) is 0 Å². The van der Waals surface area contributed by atoms with E-state index in [2.05, 4.69) is 15.6 Å². The molecule has 1 amide bonds. The molecule has 0 aromatic rings. The topological polar surface area (TPSA) is 166 Å². The van der Waals surface area contributed by atoms with Crippen LogP contribution in [-0.4, -0.2) is 55.2 Å². The minimum absolute atomic E-state index is 0.0144. The zero-order valence-corrected chi connectivity index (χ0v) is 16.2. The molecule has 154 valence electrons. The van der Waals surface area contributed by atoms with Crippen LogP contribution in [0.15, 0.2) is 4.99 Å². The molecule has 0 spiro atoms. The molecule has 0 aromatic carbocycles. The number of unbranched alkanes of at least 4 members (excludes halogenated alkanes) is 1. The predicted octanol–water partition coefficient (Wildman–Crippen LogP) is -0.820. The van der Waals surface area contributed by atoms with Crippen LogP contribution in [0, 0.1) is 5.92 Å². The van der Waals surface area contributed by atoms with Crippen LogP contribution >= 0.6 is 0 Å². The van der Waals surface area contributed by atoms with E-state index < -0.39 is 12.1 Å². The van der Waals surface area contributed by atoms with Gasteiger partial charge in [0.25, 0.3) is 0 Å². The molecule has 9 heteroatoms. The van der Waals surface area contributed by atoms with Crippen LogP contribution < -0.4 is 27.8 Å². The van der Waals surface area contributed by atoms with E-state index in [-0.39, 0.29) is 35.8 Å². The molecule has 3 atom stereocenters. The van der Waals surface area contributed by atoms with Crippen LogP contribution in [0.5, 0.6) is 0 Å². The van der Waals surface area contributed by atoms with E-state index in [4.69, 9.17) is 17.2 Å². The van der Waals surface area contributed by atoms with Crippen molar-refractivity contribution in [3.63, 3.8) is 0 Å². The van der Waals surface area contributed by atoms with Crippen LogP contribution in [0.3, 0.4) is 0 Å². The molecule has 0 bridgehead atoms. The highest BCUT2D eigenvalue weighted by molar-refractivity contribution is 5.91. The molecule has 1 unspecified atom stereocenters. The van der Waals surface area contributed by atoms with Crippen molar-refractivity contribution in [3.8, 4) is 0 Å². The van der Waals surface area contributed by atoms with Crippen molar-refractivity contribution in [1.82, 2.24) is 10.6 Å². The minimum Gasteiger partial charge on any atom is -0.370 e. The first-order valence-corrected chi connectivity index (χ1v) is 9.67. The fourth-order valence-corrected chi connectivity index (χ4v) is 3.13. The van der Waals surface area contributed by atoms with Crippen LogP contribution in [0.25, 0.3) is 0 Å². The first-order chi connectivity index (χ1) is 12.8. The van der Waals surface area contributed by atoms with Gasteiger partial charge in [0.2, 0.25) is 5.91 Å². The Hall–Kier alpha value is -2.00. The summed E-state index contributed by atoms with van der Waals surface area (Å²) in [5.41, 5.74) is 16.2. The highest BCUT2D eigenvalue weighted by Crippen LogP contribution is 2.14. The second kappa shape index (κ2) is 12.4. The lowest BCUT2D eigenvalue weighted by Gasteiger charge is -2.27. The Bertz CT molecular complexity index is 533. The number of Topliss-reactive ketones (excluding diaryl/α,β-unsaturated/α-hetero) is 2. The molecular formula is C18H34N6O3. The Morgan fingerprint density at radius 1 is 1.15 bits per heavy atom. The van der Waals surface area contributed by atoms with Gasteiger partial charge < -0.3 is 27.8 Å². The number of carbonyl (C=O) groups is 3. The van der Waals surface area contributed by atoms with Crippen LogP contribution in [0.1, 0.15) is 51.9 Å². The van der Waals surface area contributed by atoms with E-state index in [0.717, 1.165) is 12.8 Å². The number of amides is 1. The highest BCUT2D eigenvalue weighted by atomic mass is 16.2. The lowest BCUT2D eigenvalue weighted by Crippen LogP contribution is -2.52. The molecule has 1 fully saturated rings. The van der Waals surface area contributed by atoms with Gasteiger partial charge in [-0.15, -0.1) is 0 Å². The summed E-state index contributed by atoms with van der Waals surface area (Å²) < 4.78 is 0. The Morgan fingerprint density at radius 3 is 2.48 bits per heavy atom. The summed E-state index contributed by atoms with van der Waals surface area (Å²) in [4.78, 5) is 41.1. The molecule has 1 heterocycles. The molecule has 1 aliphatic heterocycles. The predicted molar refractivity (Wildman–Crippen MR) is 105 cm³/mol. The average Bonchev–Trinajstić information content (AvgIpc) is 2.61. The van der Waals surface area contributed by atoms with Gasteiger partial charge in [-0.05, 0) is 52.0 Å². The number of ketones is 2. The zero-order chi connectivity index (χ0) is 20.2. The first kappa shape index (κ1) is 23.0. The summed E-state index contributed by atoms with van der Waals surface area (Å²) in [7, 11) is 0. The maximum Gasteiger partial charge on any atom is 0.237 e. The van der Waals surface area contributed by atoms with Crippen molar-refractivity contribution < 1.29 is 14.4 Å². The monoisotopic (exact) mass is 382 g/mol. The van der Waals surface area contributed by atoms with Gasteiger partial charge in [0.05, 0.1) is 12.1 Å². The third kappa shape index (κ3) is 8.96. The highest BCUT2D eigenvalue weighted by Gasteiger charge is 2.28. The molecule has 8 N–H and O–H groups in total. The van der Waals surface area contributed by atoms with Crippen molar-refractivity contribution >= 4 is 23.4 Å². The standard InChI is InChI=1S/C18H34N6O3/c1-12(25)13-7-8-16(26)14(5-2-3-9-19)24-17(27)15(23-11-13)6-4-10-22-18(20)21/h13-15,23H,2-11,19H2,1H3,(H,24,27)(H4,20,21,22)/t13?,14-,15-/m0/s1. The van der Waals surface area contributed by atoms with Gasteiger partial charge in [0.1, 0.15) is 5.78 Å². The van der Waals surface area contributed by atoms with E-state index in [1.807, 2.05) is 0 Å². The summed E-state index contributed by atoms with van der Waals surface area (Å²) >= 11 is 0. The summed E-state index contributed by atoms with van der Waals surface area (Å²) in [6.07, 6.45) is 4.03. The molecule has 27 heavy (non-hydrogen) atoms. The van der Waals surface area contributed by atoms with Crippen molar-refractivity contribution in [2.45, 2.75) is 64.0 Å². The number of guanidine groups is 1. The molecule has 1 rings (SSSR count). The SMILES string of the molecule is CC(=O)C1CCC(=O)[C@H](CCCCN)NC(=O)[C@H](CCCN=C(N)N)NC1. The third-order valence-electron chi connectivity index (χ3n) is 4.84. The average molecular weight is 383 g/mol. The number of aliphatic imine (C=N–C) groups is 1. The Kier molecular flexibility index (Phi) is 10.6. The Labute approximate surface area is 160 Å².